The summed E-state index contributed by atoms with van der Waals surface area (Å²) in [6.07, 6.45) is -0.712. The molecular weight excluding hydrogens is 252 g/mol. The molecule has 2 aromatic carbocycles. The number of rotatable bonds is 5. The van der Waals surface area contributed by atoms with Crippen molar-refractivity contribution in [2.75, 3.05) is 7.11 Å². The Kier molecular flexibility index (Phi) is 4.32. The molecular formula is C17H18O3. The van der Waals surface area contributed by atoms with Crippen molar-refractivity contribution < 1.29 is 14.6 Å². The summed E-state index contributed by atoms with van der Waals surface area (Å²) in [7, 11) is 1.49. The van der Waals surface area contributed by atoms with Gasteiger partial charge in [0.1, 0.15) is 6.10 Å². The maximum atomic E-state index is 12.5. The van der Waals surface area contributed by atoms with Gasteiger partial charge < -0.3 is 9.84 Å². The first kappa shape index (κ1) is 14.4. The fraction of sp³-hybridized carbons (Fsp3) is 0.235. The molecule has 20 heavy (non-hydrogen) atoms. The molecule has 0 saturated carbocycles. The van der Waals surface area contributed by atoms with Crippen molar-refractivity contribution in [3.8, 4) is 0 Å². The Bertz CT molecular complexity index is 561. The molecule has 104 valence electrons. The zero-order valence-electron chi connectivity index (χ0n) is 11.6. The topological polar surface area (TPSA) is 46.5 Å². The van der Waals surface area contributed by atoms with E-state index in [2.05, 4.69) is 0 Å². The van der Waals surface area contributed by atoms with Crippen LogP contribution >= 0.6 is 0 Å². The Morgan fingerprint density at radius 2 is 1.55 bits per heavy atom. The first-order chi connectivity index (χ1) is 9.57. The third-order valence-electron chi connectivity index (χ3n) is 3.34. The SMILES string of the molecule is COC(c1ccccc1)C(C)(O)C(=O)c1ccccc1. The molecule has 0 aliphatic rings. The second-order valence-electron chi connectivity index (χ2n) is 4.87. The lowest BCUT2D eigenvalue weighted by Gasteiger charge is -2.30. The Morgan fingerprint density at radius 1 is 1.05 bits per heavy atom. The molecule has 3 heteroatoms. The molecule has 0 spiro atoms. The Hall–Kier alpha value is -1.97. The van der Waals surface area contributed by atoms with Gasteiger partial charge in [0.15, 0.2) is 11.4 Å². The van der Waals surface area contributed by atoms with Gasteiger partial charge in [-0.1, -0.05) is 60.7 Å². The van der Waals surface area contributed by atoms with Crippen LogP contribution in [0.25, 0.3) is 0 Å². The van der Waals surface area contributed by atoms with E-state index in [1.165, 1.54) is 14.0 Å². The Labute approximate surface area is 118 Å². The van der Waals surface area contributed by atoms with Gasteiger partial charge >= 0.3 is 0 Å². The summed E-state index contributed by atoms with van der Waals surface area (Å²) in [4.78, 5) is 12.5. The van der Waals surface area contributed by atoms with E-state index in [0.717, 1.165) is 5.56 Å². The molecule has 0 fully saturated rings. The van der Waals surface area contributed by atoms with Crippen molar-refractivity contribution >= 4 is 5.78 Å². The summed E-state index contributed by atoms with van der Waals surface area (Å²) in [6, 6.07) is 18.0. The highest BCUT2D eigenvalue weighted by atomic mass is 16.5. The molecule has 3 nitrogen and oxygen atoms in total. The first-order valence-electron chi connectivity index (χ1n) is 6.47. The highest BCUT2D eigenvalue weighted by molar-refractivity contribution is 6.02. The number of carbonyl (C=O) groups is 1. The summed E-state index contributed by atoms with van der Waals surface area (Å²) in [5.74, 6) is -0.353. The van der Waals surface area contributed by atoms with Crippen LogP contribution in [0.2, 0.25) is 0 Å². The first-order valence-corrected chi connectivity index (χ1v) is 6.47. The van der Waals surface area contributed by atoms with Crippen LogP contribution in [0.4, 0.5) is 0 Å². The summed E-state index contributed by atoms with van der Waals surface area (Å²) >= 11 is 0. The van der Waals surface area contributed by atoms with Crippen LogP contribution in [0.1, 0.15) is 28.9 Å². The monoisotopic (exact) mass is 270 g/mol. The highest BCUT2D eigenvalue weighted by Crippen LogP contribution is 2.31. The average molecular weight is 270 g/mol. The molecule has 2 unspecified atom stereocenters. The molecule has 1 N–H and O–H groups in total. The molecule has 2 rings (SSSR count). The second-order valence-corrected chi connectivity index (χ2v) is 4.87. The van der Waals surface area contributed by atoms with Crippen LogP contribution in [-0.4, -0.2) is 23.6 Å². The summed E-state index contributed by atoms with van der Waals surface area (Å²) < 4.78 is 5.37. The lowest BCUT2D eigenvalue weighted by atomic mass is 9.85. The maximum absolute atomic E-state index is 12.5. The van der Waals surface area contributed by atoms with Gasteiger partial charge in [0, 0.05) is 12.7 Å². The second kappa shape index (κ2) is 5.99. The van der Waals surface area contributed by atoms with E-state index < -0.39 is 11.7 Å². The number of Topliss-reactive ketones (excluding diaryl/α,β-unsaturated/α-hetero) is 1. The summed E-state index contributed by atoms with van der Waals surface area (Å²) in [6.45, 7) is 1.49. The molecule has 0 saturated heterocycles. The zero-order chi connectivity index (χ0) is 14.6. The van der Waals surface area contributed by atoms with Crippen molar-refractivity contribution in [2.45, 2.75) is 18.6 Å². The van der Waals surface area contributed by atoms with E-state index >= 15 is 0 Å². The Balaban J connectivity index is 2.35. The van der Waals surface area contributed by atoms with E-state index in [1.807, 2.05) is 36.4 Å². The van der Waals surface area contributed by atoms with Crippen molar-refractivity contribution in [1.82, 2.24) is 0 Å². The van der Waals surface area contributed by atoms with Crippen LogP contribution in [0, 0.1) is 0 Å². The van der Waals surface area contributed by atoms with Crippen LogP contribution in [0.3, 0.4) is 0 Å². The van der Waals surface area contributed by atoms with Crippen LogP contribution < -0.4 is 0 Å². The predicted octanol–water partition coefficient (Wildman–Crippen LogP) is 3.01. The van der Waals surface area contributed by atoms with Crippen molar-refractivity contribution in [2.24, 2.45) is 0 Å². The van der Waals surface area contributed by atoms with E-state index in [4.69, 9.17) is 4.74 Å². The van der Waals surface area contributed by atoms with Crippen LogP contribution in [0.5, 0.6) is 0 Å². The van der Waals surface area contributed by atoms with Gasteiger partial charge in [-0.25, -0.2) is 0 Å². The number of hydrogen-bond donors (Lipinski definition) is 1. The van der Waals surface area contributed by atoms with E-state index in [9.17, 15) is 9.90 Å². The molecule has 0 aromatic heterocycles. The molecule has 0 heterocycles. The fourth-order valence-electron chi connectivity index (χ4n) is 2.32. The predicted molar refractivity (Wildman–Crippen MR) is 77.6 cm³/mol. The smallest absolute Gasteiger partial charge is 0.197 e. The van der Waals surface area contributed by atoms with E-state index in [0.29, 0.717) is 5.56 Å². The van der Waals surface area contributed by atoms with Gasteiger partial charge in [0.05, 0.1) is 0 Å². The number of methoxy groups -OCH3 is 1. The standard InChI is InChI=1S/C17H18O3/c1-17(19,15(18)13-9-5-3-6-10-13)16(20-2)14-11-7-4-8-12-14/h3-12,16,19H,1-2H3. The van der Waals surface area contributed by atoms with Gasteiger partial charge in [-0.05, 0) is 12.5 Å². The summed E-state index contributed by atoms with van der Waals surface area (Å²) in [5.41, 5.74) is -0.392. The van der Waals surface area contributed by atoms with Gasteiger partial charge in [0.25, 0.3) is 0 Å². The minimum Gasteiger partial charge on any atom is -0.379 e. The fourth-order valence-corrected chi connectivity index (χ4v) is 2.32. The minimum absolute atomic E-state index is 0.353. The number of aliphatic hydroxyl groups is 1. The number of hydrogen-bond acceptors (Lipinski definition) is 3. The molecule has 2 atom stereocenters. The lowest BCUT2D eigenvalue weighted by molar-refractivity contribution is -0.0613. The molecule has 0 aliphatic heterocycles. The lowest BCUT2D eigenvalue weighted by Crippen LogP contribution is -2.42. The summed E-state index contributed by atoms with van der Waals surface area (Å²) in [5, 5.41) is 10.7. The number of benzene rings is 2. The Morgan fingerprint density at radius 3 is 2.05 bits per heavy atom. The molecule has 0 amide bonds. The third-order valence-corrected chi connectivity index (χ3v) is 3.34. The molecule has 0 aliphatic carbocycles. The largest absolute Gasteiger partial charge is 0.379 e. The minimum atomic E-state index is -1.63. The van der Waals surface area contributed by atoms with Crippen LogP contribution in [-0.2, 0) is 4.74 Å². The zero-order valence-corrected chi connectivity index (χ0v) is 11.6. The van der Waals surface area contributed by atoms with E-state index in [1.54, 1.807) is 24.3 Å². The number of ketones is 1. The van der Waals surface area contributed by atoms with Gasteiger partial charge in [-0.2, -0.15) is 0 Å². The van der Waals surface area contributed by atoms with Gasteiger partial charge in [0.2, 0.25) is 0 Å². The molecule has 0 radical (unpaired) electrons. The maximum Gasteiger partial charge on any atom is 0.197 e. The van der Waals surface area contributed by atoms with Crippen molar-refractivity contribution in [3.05, 3.63) is 71.8 Å². The molecule has 0 bridgehead atoms. The van der Waals surface area contributed by atoms with Crippen molar-refractivity contribution in [1.29, 1.82) is 0 Å². The third kappa shape index (κ3) is 2.79. The quantitative estimate of drug-likeness (QED) is 0.849. The van der Waals surface area contributed by atoms with E-state index in [-0.39, 0.29) is 5.78 Å². The number of ether oxygens (including phenoxy) is 1. The highest BCUT2D eigenvalue weighted by Gasteiger charge is 2.40. The van der Waals surface area contributed by atoms with Crippen molar-refractivity contribution in [3.63, 3.8) is 0 Å². The van der Waals surface area contributed by atoms with Crippen LogP contribution in [0.15, 0.2) is 60.7 Å². The number of carbonyl (C=O) groups excluding carboxylic acids is 1. The molecule has 2 aromatic rings. The van der Waals surface area contributed by atoms with Gasteiger partial charge in [-0.3, -0.25) is 4.79 Å². The normalized spacial score (nSPS) is 15.3. The average Bonchev–Trinajstić information content (AvgIpc) is 2.49. The van der Waals surface area contributed by atoms with Gasteiger partial charge in [-0.15, -0.1) is 0 Å².